The molecular formula is C17H15N3O. The third-order valence-electron chi connectivity index (χ3n) is 3.46. The molecule has 3 aromatic rings. The van der Waals surface area contributed by atoms with Crippen LogP contribution in [0.2, 0.25) is 0 Å². The molecule has 21 heavy (non-hydrogen) atoms. The van der Waals surface area contributed by atoms with Gasteiger partial charge in [0.05, 0.1) is 11.2 Å². The summed E-state index contributed by atoms with van der Waals surface area (Å²) >= 11 is 0. The first-order valence-electron chi connectivity index (χ1n) is 6.69. The lowest BCUT2D eigenvalue weighted by molar-refractivity contribution is 1.13. The normalized spacial score (nSPS) is 10.6. The number of anilines is 1. The molecule has 4 heteroatoms. The van der Waals surface area contributed by atoms with Crippen LogP contribution in [0, 0.1) is 4.91 Å². The number of pyridine rings is 1. The van der Waals surface area contributed by atoms with Gasteiger partial charge in [0.1, 0.15) is 5.69 Å². The van der Waals surface area contributed by atoms with E-state index in [1.165, 1.54) is 0 Å². The molecule has 0 saturated heterocycles. The smallest absolute Gasteiger partial charge is 0.108 e. The van der Waals surface area contributed by atoms with Crippen LogP contribution in [0.15, 0.2) is 59.8 Å². The van der Waals surface area contributed by atoms with E-state index in [-0.39, 0.29) is 0 Å². The van der Waals surface area contributed by atoms with E-state index in [0.717, 1.165) is 27.8 Å². The number of hydrogen-bond acceptors (Lipinski definition) is 4. The van der Waals surface area contributed by atoms with Gasteiger partial charge in [-0.1, -0.05) is 18.2 Å². The van der Waals surface area contributed by atoms with Crippen LogP contribution in [0.25, 0.3) is 22.2 Å². The molecule has 0 spiro atoms. The largest absolute Gasteiger partial charge is 0.378 e. The quantitative estimate of drug-likeness (QED) is 0.668. The summed E-state index contributed by atoms with van der Waals surface area (Å²) in [6.45, 7) is 0. The van der Waals surface area contributed by atoms with Gasteiger partial charge in [-0.05, 0) is 41.6 Å². The molecule has 0 saturated carbocycles. The predicted molar refractivity (Wildman–Crippen MR) is 87.0 cm³/mol. The van der Waals surface area contributed by atoms with Crippen LogP contribution < -0.4 is 4.90 Å². The highest BCUT2D eigenvalue weighted by Crippen LogP contribution is 2.25. The highest BCUT2D eigenvalue weighted by Gasteiger charge is 2.03. The van der Waals surface area contributed by atoms with Crippen molar-refractivity contribution in [3.63, 3.8) is 0 Å². The average Bonchev–Trinajstić information content (AvgIpc) is 2.54. The molecule has 1 aromatic heterocycles. The zero-order valence-electron chi connectivity index (χ0n) is 11.9. The zero-order chi connectivity index (χ0) is 14.8. The fourth-order valence-corrected chi connectivity index (χ4v) is 2.26. The van der Waals surface area contributed by atoms with Crippen molar-refractivity contribution < 1.29 is 0 Å². The number of fused-ring (bicyclic) bond motifs is 1. The van der Waals surface area contributed by atoms with E-state index < -0.39 is 0 Å². The molecule has 0 atom stereocenters. The summed E-state index contributed by atoms with van der Waals surface area (Å²) in [6.07, 6.45) is 0. The summed E-state index contributed by atoms with van der Waals surface area (Å²) < 4.78 is 0. The van der Waals surface area contributed by atoms with Gasteiger partial charge in [-0.15, -0.1) is 4.91 Å². The number of nitroso groups, excluding NO2 is 1. The fraction of sp³-hybridized carbons (Fsp3) is 0.118. The van der Waals surface area contributed by atoms with Crippen molar-refractivity contribution >= 4 is 22.3 Å². The Balaban J connectivity index is 2.02. The van der Waals surface area contributed by atoms with Crippen LogP contribution in [-0.2, 0) is 0 Å². The Morgan fingerprint density at radius 2 is 1.71 bits per heavy atom. The minimum absolute atomic E-state index is 0.424. The van der Waals surface area contributed by atoms with E-state index >= 15 is 0 Å². The molecule has 0 N–H and O–H groups in total. The van der Waals surface area contributed by atoms with Crippen LogP contribution in [0.5, 0.6) is 0 Å². The molecule has 4 nitrogen and oxygen atoms in total. The van der Waals surface area contributed by atoms with E-state index in [2.05, 4.69) is 39.3 Å². The summed E-state index contributed by atoms with van der Waals surface area (Å²) in [5, 5.41) is 3.86. The van der Waals surface area contributed by atoms with Crippen LogP contribution in [0.1, 0.15) is 0 Å². The van der Waals surface area contributed by atoms with Crippen LogP contribution in [0.3, 0.4) is 0 Å². The Hall–Kier alpha value is -2.75. The number of nitrogens with zero attached hydrogens (tertiary/aromatic N) is 3. The zero-order valence-corrected chi connectivity index (χ0v) is 11.9. The monoisotopic (exact) mass is 277 g/mol. The van der Waals surface area contributed by atoms with Crippen molar-refractivity contribution in [3.05, 3.63) is 59.5 Å². The van der Waals surface area contributed by atoms with Gasteiger partial charge in [-0.25, -0.2) is 4.98 Å². The van der Waals surface area contributed by atoms with E-state index in [1.54, 1.807) is 12.1 Å². The number of hydrogen-bond donors (Lipinski definition) is 0. The van der Waals surface area contributed by atoms with Crippen molar-refractivity contribution in [2.24, 2.45) is 5.18 Å². The molecule has 0 aliphatic rings. The maximum Gasteiger partial charge on any atom is 0.108 e. The second-order valence-corrected chi connectivity index (χ2v) is 5.11. The van der Waals surface area contributed by atoms with Crippen molar-refractivity contribution in [1.82, 2.24) is 4.98 Å². The Morgan fingerprint density at radius 3 is 2.38 bits per heavy atom. The Bertz CT molecular complexity index is 795. The molecule has 2 aromatic carbocycles. The molecule has 0 amide bonds. The Labute approximate surface area is 123 Å². The van der Waals surface area contributed by atoms with Gasteiger partial charge in [-0.2, -0.15) is 0 Å². The minimum atomic E-state index is 0.424. The molecule has 0 unspecified atom stereocenters. The molecule has 1 heterocycles. The third kappa shape index (κ3) is 2.60. The second-order valence-electron chi connectivity index (χ2n) is 5.11. The van der Waals surface area contributed by atoms with Gasteiger partial charge >= 0.3 is 0 Å². The maximum atomic E-state index is 10.6. The number of aromatic nitrogens is 1. The summed E-state index contributed by atoms with van der Waals surface area (Å²) in [6, 6.07) is 17.4. The molecule has 0 radical (unpaired) electrons. The molecule has 0 bridgehead atoms. The van der Waals surface area contributed by atoms with Crippen molar-refractivity contribution in [1.29, 1.82) is 0 Å². The van der Waals surface area contributed by atoms with E-state index in [1.807, 2.05) is 32.3 Å². The maximum absolute atomic E-state index is 10.6. The van der Waals surface area contributed by atoms with Crippen LogP contribution in [-0.4, -0.2) is 19.1 Å². The molecular weight excluding hydrogens is 262 g/mol. The fourth-order valence-electron chi connectivity index (χ4n) is 2.26. The number of benzene rings is 2. The molecule has 104 valence electrons. The number of rotatable bonds is 3. The first-order valence-corrected chi connectivity index (χ1v) is 6.69. The summed E-state index contributed by atoms with van der Waals surface area (Å²) in [5.74, 6) is 0. The standard InChI is InChI=1S/C17H15N3O/c1-20(2)15-7-3-12(4-8-15)16-9-5-13-11-14(19-21)6-10-17(13)18-16/h3-11H,1-2H3. The lowest BCUT2D eigenvalue weighted by atomic mass is 10.1. The first kappa shape index (κ1) is 13.2. The lowest BCUT2D eigenvalue weighted by Gasteiger charge is -2.12. The summed E-state index contributed by atoms with van der Waals surface area (Å²) in [4.78, 5) is 17.3. The minimum Gasteiger partial charge on any atom is -0.378 e. The molecule has 0 fully saturated rings. The molecule has 0 aliphatic heterocycles. The van der Waals surface area contributed by atoms with Crippen LogP contribution >= 0.6 is 0 Å². The Kier molecular flexibility index (Phi) is 3.36. The molecule has 3 rings (SSSR count). The average molecular weight is 277 g/mol. The first-order chi connectivity index (χ1) is 10.2. The van der Waals surface area contributed by atoms with Gasteiger partial charge in [-0.3, -0.25) is 0 Å². The van der Waals surface area contributed by atoms with Gasteiger partial charge < -0.3 is 4.90 Å². The highest BCUT2D eigenvalue weighted by atomic mass is 16.3. The van der Waals surface area contributed by atoms with E-state index in [9.17, 15) is 4.91 Å². The molecule has 0 aliphatic carbocycles. The Morgan fingerprint density at radius 1 is 0.952 bits per heavy atom. The van der Waals surface area contributed by atoms with Gasteiger partial charge in [0, 0.05) is 30.7 Å². The highest BCUT2D eigenvalue weighted by molar-refractivity contribution is 5.84. The SMILES string of the molecule is CN(C)c1ccc(-c2ccc3cc(N=O)ccc3n2)cc1. The van der Waals surface area contributed by atoms with E-state index in [0.29, 0.717) is 5.69 Å². The van der Waals surface area contributed by atoms with E-state index in [4.69, 9.17) is 0 Å². The van der Waals surface area contributed by atoms with Gasteiger partial charge in [0.2, 0.25) is 0 Å². The van der Waals surface area contributed by atoms with Crippen molar-refractivity contribution in [2.45, 2.75) is 0 Å². The van der Waals surface area contributed by atoms with Crippen molar-refractivity contribution in [3.8, 4) is 11.3 Å². The van der Waals surface area contributed by atoms with Crippen molar-refractivity contribution in [2.75, 3.05) is 19.0 Å². The summed E-state index contributed by atoms with van der Waals surface area (Å²) in [5.41, 5.74) is 4.42. The van der Waals surface area contributed by atoms with Crippen LogP contribution in [0.4, 0.5) is 11.4 Å². The van der Waals surface area contributed by atoms with Gasteiger partial charge in [0.25, 0.3) is 0 Å². The predicted octanol–water partition coefficient (Wildman–Crippen LogP) is 4.37. The lowest BCUT2D eigenvalue weighted by Crippen LogP contribution is -2.07. The second kappa shape index (κ2) is 5.32. The summed E-state index contributed by atoms with van der Waals surface area (Å²) in [7, 11) is 4.03. The topological polar surface area (TPSA) is 45.6 Å². The van der Waals surface area contributed by atoms with Gasteiger partial charge in [0.15, 0.2) is 0 Å². The third-order valence-corrected chi connectivity index (χ3v) is 3.46.